The average Bonchev–Trinajstić information content (AvgIpc) is 3.18. The summed E-state index contributed by atoms with van der Waals surface area (Å²) in [6.07, 6.45) is 12.3. The van der Waals surface area contributed by atoms with Crippen LogP contribution in [0.2, 0.25) is 0 Å². The van der Waals surface area contributed by atoms with Crippen molar-refractivity contribution in [3.63, 3.8) is 0 Å². The van der Waals surface area contributed by atoms with Gasteiger partial charge in [-0.25, -0.2) is 0 Å². The fraction of sp³-hybridized carbons (Fsp3) is 0.684. The van der Waals surface area contributed by atoms with Crippen molar-refractivity contribution in [1.29, 1.82) is 0 Å². The molecule has 0 spiro atoms. The molecule has 0 bridgehead atoms. The van der Waals surface area contributed by atoms with Crippen molar-refractivity contribution < 1.29 is 0 Å². The summed E-state index contributed by atoms with van der Waals surface area (Å²) < 4.78 is 0. The Bertz CT molecular complexity index is 354. The number of hydrogen-bond donors (Lipinski definition) is 0. The molecule has 1 fully saturated rings. The lowest BCUT2D eigenvalue weighted by molar-refractivity contribution is 0.350. The monoisotopic (exact) mass is 275 g/mol. The van der Waals surface area contributed by atoms with Gasteiger partial charge in [0.1, 0.15) is 0 Å². The second-order valence-electron chi connectivity index (χ2n) is 6.54. The van der Waals surface area contributed by atoms with Crippen LogP contribution < -0.4 is 0 Å². The highest BCUT2D eigenvalue weighted by Gasteiger charge is 2.24. The standard InChI is InChI=1S/C19H33N/c1-6-8-18(5)20(15-19-11-12-19)14-13-17(4)10-7-9-16(2)3/h9,13,19H,5-8,10-12,14-15H2,1-4H3/b17-13-. The van der Waals surface area contributed by atoms with Crippen LogP contribution >= 0.6 is 0 Å². The van der Waals surface area contributed by atoms with E-state index in [2.05, 4.69) is 51.3 Å². The van der Waals surface area contributed by atoms with E-state index in [1.165, 1.54) is 55.5 Å². The van der Waals surface area contributed by atoms with Crippen LogP contribution in [0.5, 0.6) is 0 Å². The van der Waals surface area contributed by atoms with Crippen LogP contribution in [0.15, 0.2) is 35.6 Å². The van der Waals surface area contributed by atoms with E-state index in [0.717, 1.165) is 18.9 Å². The van der Waals surface area contributed by atoms with Gasteiger partial charge in [0.15, 0.2) is 0 Å². The maximum absolute atomic E-state index is 4.28. The van der Waals surface area contributed by atoms with Gasteiger partial charge >= 0.3 is 0 Å². The zero-order chi connectivity index (χ0) is 15.0. The first-order valence-corrected chi connectivity index (χ1v) is 8.24. The van der Waals surface area contributed by atoms with Crippen molar-refractivity contribution in [2.45, 2.75) is 66.2 Å². The van der Waals surface area contributed by atoms with Gasteiger partial charge < -0.3 is 4.90 Å². The fourth-order valence-electron chi connectivity index (χ4n) is 2.35. The molecule has 0 aromatic rings. The predicted octanol–water partition coefficient (Wildman–Crippen LogP) is 5.70. The van der Waals surface area contributed by atoms with Crippen LogP contribution in [0, 0.1) is 5.92 Å². The van der Waals surface area contributed by atoms with Gasteiger partial charge in [0.2, 0.25) is 0 Å². The molecule has 1 heteroatoms. The molecule has 0 atom stereocenters. The van der Waals surface area contributed by atoms with E-state index in [-0.39, 0.29) is 0 Å². The van der Waals surface area contributed by atoms with E-state index >= 15 is 0 Å². The molecular formula is C19H33N. The van der Waals surface area contributed by atoms with Crippen LogP contribution in [-0.4, -0.2) is 18.0 Å². The summed E-state index contributed by atoms with van der Waals surface area (Å²) in [4.78, 5) is 2.51. The molecule has 0 radical (unpaired) electrons. The molecule has 20 heavy (non-hydrogen) atoms. The van der Waals surface area contributed by atoms with Gasteiger partial charge in [0.05, 0.1) is 0 Å². The van der Waals surface area contributed by atoms with Gasteiger partial charge in [0, 0.05) is 18.8 Å². The Kier molecular flexibility index (Phi) is 7.72. The Morgan fingerprint density at radius 3 is 2.40 bits per heavy atom. The maximum Gasteiger partial charge on any atom is 0.0359 e. The minimum absolute atomic E-state index is 0.933. The molecule has 0 amide bonds. The lowest BCUT2D eigenvalue weighted by atomic mass is 10.1. The Morgan fingerprint density at radius 1 is 1.15 bits per heavy atom. The molecule has 1 saturated carbocycles. The van der Waals surface area contributed by atoms with E-state index in [1.807, 2.05) is 0 Å². The first-order chi connectivity index (χ1) is 9.52. The van der Waals surface area contributed by atoms with Crippen molar-refractivity contribution in [2.24, 2.45) is 5.92 Å². The molecule has 0 saturated heterocycles. The molecule has 0 aromatic carbocycles. The van der Waals surface area contributed by atoms with Crippen molar-refractivity contribution in [3.8, 4) is 0 Å². The molecule has 114 valence electrons. The van der Waals surface area contributed by atoms with Gasteiger partial charge in [-0.05, 0) is 58.8 Å². The smallest absolute Gasteiger partial charge is 0.0359 e. The molecular weight excluding hydrogens is 242 g/mol. The summed E-state index contributed by atoms with van der Waals surface area (Å²) in [6.45, 7) is 15.4. The lowest BCUT2D eigenvalue weighted by Crippen LogP contribution is -2.25. The van der Waals surface area contributed by atoms with Crippen molar-refractivity contribution in [2.75, 3.05) is 13.1 Å². The molecule has 0 N–H and O–H groups in total. The van der Waals surface area contributed by atoms with Crippen LogP contribution in [0.4, 0.5) is 0 Å². The fourth-order valence-corrected chi connectivity index (χ4v) is 2.35. The van der Waals surface area contributed by atoms with Crippen molar-refractivity contribution >= 4 is 0 Å². The van der Waals surface area contributed by atoms with Crippen LogP contribution in [-0.2, 0) is 0 Å². The minimum atomic E-state index is 0.933. The van der Waals surface area contributed by atoms with Crippen LogP contribution in [0.1, 0.15) is 66.2 Å². The molecule has 1 rings (SSSR count). The van der Waals surface area contributed by atoms with Gasteiger partial charge in [-0.2, -0.15) is 0 Å². The number of rotatable bonds is 10. The highest BCUT2D eigenvalue weighted by molar-refractivity contribution is 5.06. The zero-order valence-electron chi connectivity index (χ0n) is 14.0. The summed E-state index contributed by atoms with van der Waals surface area (Å²) in [5.41, 5.74) is 4.25. The van der Waals surface area contributed by atoms with E-state index in [0.29, 0.717) is 0 Å². The second kappa shape index (κ2) is 9.05. The molecule has 0 aromatic heterocycles. The average molecular weight is 275 g/mol. The zero-order valence-corrected chi connectivity index (χ0v) is 14.0. The van der Waals surface area contributed by atoms with Crippen LogP contribution in [0.25, 0.3) is 0 Å². The molecule has 0 aliphatic heterocycles. The predicted molar refractivity (Wildman–Crippen MR) is 90.8 cm³/mol. The third-order valence-electron chi connectivity index (χ3n) is 3.91. The summed E-state index contributed by atoms with van der Waals surface area (Å²) in [5, 5.41) is 0. The molecule has 0 heterocycles. The summed E-state index contributed by atoms with van der Waals surface area (Å²) >= 11 is 0. The first kappa shape index (κ1) is 17.1. The topological polar surface area (TPSA) is 3.24 Å². The lowest BCUT2D eigenvalue weighted by Gasteiger charge is -2.25. The molecule has 1 aliphatic carbocycles. The number of nitrogens with zero attached hydrogens (tertiary/aromatic N) is 1. The highest BCUT2D eigenvalue weighted by atomic mass is 15.1. The van der Waals surface area contributed by atoms with E-state index < -0.39 is 0 Å². The third-order valence-corrected chi connectivity index (χ3v) is 3.91. The van der Waals surface area contributed by atoms with Gasteiger partial charge in [-0.15, -0.1) is 0 Å². The van der Waals surface area contributed by atoms with Crippen LogP contribution in [0.3, 0.4) is 0 Å². The summed E-state index contributed by atoms with van der Waals surface area (Å²) in [6, 6.07) is 0. The van der Waals surface area contributed by atoms with E-state index in [4.69, 9.17) is 0 Å². The van der Waals surface area contributed by atoms with Crippen molar-refractivity contribution in [1.82, 2.24) is 4.90 Å². The number of hydrogen-bond acceptors (Lipinski definition) is 1. The summed E-state index contributed by atoms with van der Waals surface area (Å²) in [7, 11) is 0. The Balaban J connectivity index is 2.42. The second-order valence-corrected chi connectivity index (χ2v) is 6.54. The normalized spacial score (nSPS) is 15.1. The Hall–Kier alpha value is -0.980. The third kappa shape index (κ3) is 7.57. The quantitative estimate of drug-likeness (QED) is 0.462. The maximum atomic E-state index is 4.28. The van der Waals surface area contributed by atoms with Crippen molar-refractivity contribution in [3.05, 3.63) is 35.6 Å². The SMILES string of the molecule is C=C(CCC)N(C/C=C(/C)CCC=C(C)C)CC1CC1. The van der Waals surface area contributed by atoms with Gasteiger partial charge in [-0.1, -0.05) is 43.2 Å². The van der Waals surface area contributed by atoms with Gasteiger partial charge in [-0.3, -0.25) is 0 Å². The minimum Gasteiger partial charge on any atom is -0.371 e. The highest BCUT2D eigenvalue weighted by Crippen LogP contribution is 2.31. The molecule has 1 aliphatic rings. The number of allylic oxidation sites excluding steroid dienone is 4. The largest absolute Gasteiger partial charge is 0.371 e. The molecule has 1 nitrogen and oxygen atoms in total. The van der Waals surface area contributed by atoms with E-state index in [9.17, 15) is 0 Å². The Morgan fingerprint density at radius 2 is 1.85 bits per heavy atom. The molecule has 0 unspecified atom stereocenters. The first-order valence-electron chi connectivity index (χ1n) is 8.24. The Labute approximate surface area is 126 Å². The summed E-state index contributed by atoms with van der Waals surface area (Å²) in [5.74, 6) is 0.933. The van der Waals surface area contributed by atoms with E-state index in [1.54, 1.807) is 0 Å². The van der Waals surface area contributed by atoms with Gasteiger partial charge in [0.25, 0.3) is 0 Å².